The first-order valence-corrected chi connectivity index (χ1v) is 8.59. The SMILES string of the molecule is C=CCOC(=O)Nc1ccc2[nH]c(-c3ccc(OCCOC)cc3)cc2c1. The zero-order valence-corrected chi connectivity index (χ0v) is 15.2. The fraction of sp³-hybridized carbons (Fsp3) is 0.190. The van der Waals surface area contributed by atoms with E-state index in [4.69, 9.17) is 14.2 Å². The molecule has 2 aromatic carbocycles. The molecule has 140 valence electrons. The molecule has 0 bridgehead atoms. The molecule has 0 fully saturated rings. The second-order valence-electron chi connectivity index (χ2n) is 5.86. The number of amides is 1. The van der Waals surface area contributed by atoms with Gasteiger partial charge in [-0.15, -0.1) is 0 Å². The molecule has 1 amide bonds. The zero-order valence-electron chi connectivity index (χ0n) is 15.2. The number of fused-ring (bicyclic) bond motifs is 1. The van der Waals surface area contributed by atoms with Gasteiger partial charge in [-0.3, -0.25) is 5.32 Å². The van der Waals surface area contributed by atoms with E-state index in [0.29, 0.717) is 18.9 Å². The molecule has 0 saturated carbocycles. The summed E-state index contributed by atoms with van der Waals surface area (Å²) < 4.78 is 15.5. The largest absolute Gasteiger partial charge is 0.491 e. The molecule has 0 radical (unpaired) electrons. The predicted molar refractivity (Wildman–Crippen MR) is 106 cm³/mol. The first-order chi connectivity index (χ1) is 13.2. The predicted octanol–water partition coefficient (Wildman–Crippen LogP) is 4.59. The van der Waals surface area contributed by atoms with Gasteiger partial charge in [-0.2, -0.15) is 0 Å². The van der Waals surface area contributed by atoms with Gasteiger partial charge in [-0.25, -0.2) is 4.79 Å². The minimum atomic E-state index is -0.505. The molecule has 3 aromatic rings. The molecule has 27 heavy (non-hydrogen) atoms. The smallest absolute Gasteiger partial charge is 0.411 e. The van der Waals surface area contributed by atoms with Gasteiger partial charge in [-0.05, 0) is 54.1 Å². The molecule has 2 N–H and O–H groups in total. The van der Waals surface area contributed by atoms with E-state index < -0.39 is 6.09 Å². The Hall–Kier alpha value is -3.25. The number of carbonyl (C=O) groups is 1. The number of rotatable bonds is 8. The van der Waals surface area contributed by atoms with Gasteiger partial charge in [0, 0.05) is 29.4 Å². The minimum absolute atomic E-state index is 0.174. The van der Waals surface area contributed by atoms with Crippen LogP contribution >= 0.6 is 0 Å². The van der Waals surface area contributed by atoms with Crippen LogP contribution in [0.3, 0.4) is 0 Å². The van der Waals surface area contributed by atoms with Gasteiger partial charge in [-0.1, -0.05) is 12.7 Å². The average Bonchev–Trinajstić information content (AvgIpc) is 3.10. The van der Waals surface area contributed by atoms with Crippen LogP contribution in [-0.4, -0.2) is 38.0 Å². The van der Waals surface area contributed by atoms with Crippen molar-refractivity contribution in [2.24, 2.45) is 0 Å². The van der Waals surface area contributed by atoms with Crippen molar-refractivity contribution in [3.8, 4) is 17.0 Å². The maximum absolute atomic E-state index is 11.7. The number of nitrogens with one attached hydrogen (secondary N) is 2. The molecule has 3 rings (SSSR count). The third-order valence-corrected chi connectivity index (χ3v) is 3.92. The Morgan fingerprint density at radius 3 is 2.70 bits per heavy atom. The van der Waals surface area contributed by atoms with Crippen LogP contribution in [-0.2, 0) is 9.47 Å². The zero-order chi connectivity index (χ0) is 19.1. The van der Waals surface area contributed by atoms with E-state index in [9.17, 15) is 4.79 Å². The Morgan fingerprint density at radius 1 is 1.15 bits per heavy atom. The van der Waals surface area contributed by atoms with Crippen LogP contribution in [0.5, 0.6) is 5.75 Å². The summed E-state index contributed by atoms with van der Waals surface area (Å²) in [6.07, 6.45) is 1.02. The van der Waals surface area contributed by atoms with E-state index in [1.54, 1.807) is 7.11 Å². The van der Waals surface area contributed by atoms with Crippen LogP contribution in [0.1, 0.15) is 0 Å². The summed E-state index contributed by atoms with van der Waals surface area (Å²) in [5, 5.41) is 3.69. The topological polar surface area (TPSA) is 72.6 Å². The lowest BCUT2D eigenvalue weighted by molar-refractivity contribution is 0.146. The number of benzene rings is 2. The number of hydrogen-bond donors (Lipinski definition) is 2. The van der Waals surface area contributed by atoms with E-state index >= 15 is 0 Å². The lowest BCUT2D eigenvalue weighted by atomic mass is 10.1. The third-order valence-electron chi connectivity index (χ3n) is 3.92. The van der Waals surface area contributed by atoms with Crippen LogP contribution in [0, 0.1) is 0 Å². The van der Waals surface area contributed by atoms with Gasteiger partial charge in [0.2, 0.25) is 0 Å². The fourth-order valence-corrected chi connectivity index (χ4v) is 2.63. The van der Waals surface area contributed by atoms with Gasteiger partial charge < -0.3 is 19.2 Å². The number of aromatic amines is 1. The highest BCUT2D eigenvalue weighted by atomic mass is 16.5. The second kappa shape index (κ2) is 8.91. The van der Waals surface area contributed by atoms with E-state index in [2.05, 4.69) is 16.9 Å². The Balaban J connectivity index is 1.72. The number of carbonyl (C=O) groups excluding carboxylic acids is 1. The highest BCUT2D eigenvalue weighted by molar-refractivity contribution is 5.92. The summed E-state index contributed by atoms with van der Waals surface area (Å²) >= 11 is 0. The van der Waals surface area contributed by atoms with Crippen molar-refractivity contribution in [2.75, 3.05) is 32.2 Å². The normalized spacial score (nSPS) is 10.6. The van der Waals surface area contributed by atoms with Crippen molar-refractivity contribution in [2.45, 2.75) is 0 Å². The van der Waals surface area contributed by atoms with Crippen molar-refractivity contribution in [3.63, 3.8) is 0 Å². The summed E-state index contributed by atoms with van der Waals surface area (Å²) in [6, 6.07) is 15.5. The fourth-order valence-electron chi connectivity index (χ4n) is 2.63. The van der Waals surface area contributed by atoms with E-state index in [1.165, 1.54) is 6.08 Å². The summed E-state index contributed by atoms with van der Waals surface area (Å²) in [4.78, 5) is 15.0. The van der Waals surface area contributed by atoms with Crippen LogP contribution < -0.4 is 10.1 Å². The van der Waals surface area contributed by atoms with Gasteiger partial charge in [0.25, 0.3) is 0 Å². The van der Waals surface area contributed by atoms with Crippen LogP contribution in [0.2, 0.25) is 0 Å². The quantitative estimate of drug-likeness (QED) is 0.452. The standard InChI is InChI=1S/C21H22N2O4/c1-3-10-27-21(24)22-17-6-9-19-16(13-17)14-20(23-19)15-4-7-18(8-5-15)26-12-11-25-2/h3-9,13-14,23H,1,10-12H2,2H3,(H,22,24). The average molecular weight is 366 g/mol. The number of anilines is 1. The van der Waals surface area contributed by atoms with Crippen molar-refractivity contribution in [3.05, 3.63) is 61.2 Å². The van der Waals surface area contributed by atoms with Crippen LogP contribution in [0.4, 0.5) is 10.5 Å². The summed E-state index contributed by atoms with van der Waals surface area (Å²) in [5.41, 5.74) is 3.68. The highest BCUT2D eigenvalue weighted by Crippen LogP contribution is 2.27. The lowest BCUT2D eigenvalue weighted by Crippen LogP contribution is -2.13. The lowest BCUT2D eigenvalue weighted by Gasteiger charge is -2.06. The number of H-pyrrole nitrogens is 1. The molecule has 0 atom stereocenters. The molecule has 6 nitrogen and oxygen atoms in total. The van der Waals surface area contributed by atoms with Gasteiger partial charge in [0.1, 0.15) is 19.0 Å². The van der Waals surface area contributed by atoms with Gasteiger partial charge in [0.05, 0.1) is 6.61 Å². The summed E-state index contributed by atoms with van der Waals surface area (Å²) in [7, 11) is 1.65. The Kier molecular flexibility index (Phi) is 6.12. The maximum atomic E-state index is 11.7. The summed E-state index contributed by atoms with van der Waals surface area (Å²) in [6.45, 7) is 4.77. The molecule has 0 saturated heterocycles. The third kappa shape index (κ3) is 4.89. The molecule has 0 aliphatic heterocycles. The summed E-state index contributed by atoms with van der Waals surface area (Å²) in [5.74, 6) is 0.802. The van der Waals surface area contributed by atoms with E-state index in [0.717, 1.165) is 27.9 Å². The van der Waals surface area contributed by atoms with E-state index in [1.807, 2.05) is 48.5 Å². The molecule has 0 aliphatic rings. The first-order valence-electron chi connectivity index (χ1n) is 8.59. The first kappa shape index (κ1) is 18.5. The van der Waals surface area contributed by atoms with Crippen molar-refractivity contribution in [1.82, 2.24) is 4.98 Å². The van der Waals surface area contributed by atoms with Crippen LogP contribution in [0.25, 0.3) is 22.2 Å². The number of aromatic nitrogens is 1. The monoisotopic (exact) mass is 366 g/mol. The molecule has 0 aliphatic carbocycles. The van der Waals surface area contributed by atoms with Crippen molar-refractivity contribution >= 4 is 22.7 Å². The Bertz CT molecular complexity index is 916. The highest BCUT2D eigenvalue weighted by Gasteiger charge is 2.07. The van der Waals surface area contributed by atoms with E-state index in [-0.39, 0.29) is 6.61 Å². The maximum Gasteiger partial charge on any atom is 0.411 e. The number of ether oxygens (including phenoxy) is 3. The van der Waals surface area contributed by atoms with Crippen molar-refractivity contribution < 1.29 is 19.0 Å². The molecule has 1 heterocycles. The Labute approximate surface area is 157 Å². The second-order valence-corrected chi connectivity index (χ2v) is 5.86. The number of hydrogen-bond acceptors (Lipinski definition) is 4. The van der Waals surface area contributed by atoms with Gasteiger partial charge >= 0.3 is 6.09 Å². The molecule has 0 unspecified atom stereocenters. The van der Waals surface area contributed by atoms with Gasteiger partial charge in [0.15, 0.2) is 0 Å². The number of methoxy groups -OCH3 is 1. The molecule has 0 spiro atoms. The molecule has 6 heteroatoms. The minimum Gasteiger partial charge on any atom is -0.491 e. The molecular formula is C21H22N2O4. The molecule has 1 aromatic heterocycles. The Morgan fingerprint density at radius 2 is 1.96 bits per heavy atom. The van der Waals surface area contributed by atoms with Crippen LogP contribution in [0.15, 0.2) is 61.2 Å². The van der Waals surface area contributed by atoms with Crippen molar-refractivity contribution in [1.29, 1.82) is 0 Å². The molecular weight excluding hydrogens is 344 g/mol.